The third-order valence-corrected chi connectivity index (χ3v) is 6.27. The summed E-state index contributed by atoms with van der Waals surface area (Å²) in [6.45, 7) is 1.03. The number of halogens is 6. The first-order chi connectivity index (χ1) is 10.5. The van der Waals surface area contributed by atoms with Gasteiger partial charge in [-0.1, -0.05) is 0 Å². The molecule has 1 atom stereocenters. The Labute approximate surface area is 131 Å². The summed E-state index contributed by atoms with van der Waals surface area (Å²) in [6.07, 6.45) is -0.444. The Morgan fingerprint density at radius 2 is 1.54 bits per heavy atom. The van der Waals surface area contributed by atoms with E-state index in [1.807, 2.05) is 0 Å². The van der Waals surface area contributed by atoms with E-state index in [9.17, 15) is 48.3 Å². The molecule has 2 N–H and O–H groups in total. The number of aliphatic hydroxyl groups excluding tert-OH is 1. The number of alkyl halides is 6. The first kappa shape index (κ1) is 20.5. The number of nitrogens with one attached hydrogen (secondary N) is 1. The van der Waals surface area contributed by atoms with Crippen LogP contribution in [0, 0.1) is 0 Å². The fraction of sp³-hybridized carbons (Fsp3) is 0.750. The van der Waals surface area contributed by atoms with Crippen molar-refractivity contribution in [3.63, 3.8) is 0 Å². The van der Waals surface area contributed by atoms with Crippen molar-refractivity contribution in [1.29, 1.82) is 0 Å². The third-order valence-electron chi connectivity index (χ3n) is 2.67. The van der Waals surface area contributed by atoms with Gasteiger partial charge in [0.05, 0.1) is 9.22 Å². The van der Waals surface area contributed by atoms with Crippen LogP contribution in [0.5, 0.6) is 0 Å². The molecule has 1 aliphatic heterocycles. The van der Waals surface area contributed by atoms with E-state index < -0.39 is 52.8 Å². The lowest BCUT2D eigenvalue weighted by atomic mass is 10.2. The van der Waals surface area contributed by atoms with Gasteiger partial charge in [0.15, 0.2) is 6.04 Å². The van der Waals surface area contributed by atoms with Crippen molar-refractivity contribution in [2.45, 2.75) is 30.4 Å². The average Bonchev–Trinajstić information content (AvgIpc) is 2.35. The fourth-order valence-electron chi connectivity index (χ4n) is 1.62. The molecule has 0 saturated heterocycles. The molecular weight excluding hydrogens is 396 g/mol. The average molecular weight is 406 g/mol. The van der Waals surface area contributed by atoms with Crippen LogP contribution in [0.4, 0.5) is 26.3 Å². The van der Waals surface area contributed by atoms with Crippen LogP contribution in [-0.4, -0.2) is 60.7 Å². The van der Waals surface area contributed by atoms with Gasteiger partial charge < -0.3 is 10.4 Å². The molecule has 0 saturated carbocycles. The molecule has 0 aliphatic carbocycles. The number of hydrogen-bond donors (Lipinski definition) is 2. The van der Waals surface area contributed by atoms with Crippen molar-refractivity contribution < 1.29 is 51.7 Å². The summed E-state index contributed by atoms with van der Waals surface area (Å²) in [5.74, 6) is -2.23. The monoisotopic (exact) mass is 406 g/mol. The lowest BCUT2D eigenvalue weighted by Crippen LogP contribution is -2.53. The molecule has 24 heavy (non-hydrogen) atoms. The molecule has 0 aromatic heterocycles. The zero-order chi connectivity index (χ0) is 19.1. The maximum Gasteiger partial charge on any atom is 0.561 e. The predicted octanol–water partition coefficient (Wildman–Crippen LogP) is 0.435. The molecule has 1 aliphatic rings. The minimum Gasteiger partial charge on any atom is -0.460 e. The summed E-state index contributed by atoms with van der Waals surface area (Å²) < 4.78 is 119. The maximum absolute atomic E-state index is 12.6. The van der Waals surface area contributed by atoms with Gasteiger partial charge in [-0.25, -0.2) is 0 Å². The van der Waals surface area contributed by atoms with E-state index in [2.05, 4.69) is 10.3 Å². The van der Waals surface area contributed by atoms with Crippen molar-refractivity contribution >= 4 is 31.8 Å². The van der Waals surface area contributed by atoms with Crippen molar-refractivity contribution in [2.75, 3.05) is 6.54 Å². The minimum atomic E-state index is -7.09. The summed E-state index contributed by atoms with van der Waals surface area (Å²) in [5.41, 5.74) is -12.8. The summed E-state index contributed by atoms with van der Waals surface area (Å²) in [5, 5.41) is 11.7. The smallest absolute Gasteiger partial charge is 0.460 e. The van der Waals surface area contributed by atoms with E-state index in [0.29, 0.717) is 0 Å². The molecule has 1 rings (SSSR count). The molecular formula is C8H10F6N3O5S2+. The summed E-state index contributed by atoms with van der Waals surface area (Å²) in [4.78, 5) is 3.66. The predicted molar refractivity (Wildman–Crippen MR) is 67.4 cm³/mol. The van der Waals surface area contributed by atoms with E-state index in [1.54, 1.807) is 0 Å². The standard InChI is InChI=1S/C8H9F6N3O5S2/c1-4-15-3-2-5(16-4)6(18)17(23(19,20)7(9,10)11)24(21,22)8(12,13)14/h5H,2-3H2,1H3,(H,15,16)/p+1. The van der Waals surface area contributed by atoms with Crippen molar-refractivity contribution in [3.8, 4) is 0 Å². The Kier molecular flexibility index (Phi) is 5.16. The Bertz CT molecular complexity index is 734. The molecule has 0 bridgehead atoms. The molecule has 0 radical (unpaired) electrons. The lowest BCUT2D eigenvalue weighted by molar-refractivity contribution is -0.245. The second-order valence-corrected chi connectivity index (χ2v) is 8.20. The zero-order valence-electron chi connectivity index (χ0n) is 11.6. The highest BCUT2D eigenvalue weighted by molar-refractivity contribution is 7.98. The van der Waals surface area contributed by atoms with Crippen LogP contribution < -0.4 is 5.32 Å². The van der Waals surface area contributed by atoms with Crippen LogP contribution in [0.15, 0.2) is 4.99 Å². The Morgan fingerprint density at radius 1 is 1.12 bits per heavy atom. The molecule has 140 valence electrons. The van der Waals surface area contributed by atoms with Gasteiger partial charge in [0.2, 0.25) is 0 Å². The topological polar surface area (TPSA) is 116 Å². The first-order valence-electron chi connectivity index (χ1n) is 5.80. The molecule has 0 spiro atoms. The minimum absolute atomic E-state index is 0.0495. The van der Waals surface area contributed by atoms with Crippen LogP contribution in [0.25, 0.3) is 0 Å². The van der Waals surface area contributed by atoms with Gasteiger partial charge in [0.1, 0.15) is 0 Å². The number of hydrogen-bond acceptors (Lipinski definition) is 6. The van der Waals surface area contributed by atoms with Gasteiger partial charge in [0.25, 0.3) is 0 Å². The number of amidine groups is 1. The van der Waals surface area contributed by atoms with E-state index in [1.165, 1.54) is 6.92 Å². The lowest BCUT2D eigenvalue weighted by Gasteiger charge is -2.20. The molecule has 0 fully saturated rings. The van der Waals surface area contributed by atoms with E-state index >= 15 is 0 Å². The van der Waals surface area contributed by atoms with E-state index in [0.717, 1.165) is 0 Å². The summed E-state index contributed by atoms with van der Waals surface area (Å²) in [7, 11) is -14.2. The molecule has 0 aromatic rings. The van der Waals surface area contributed by atoms with Crippen LogP contribution in [0.2, 0.25) is 0 Å². The van der Waals surface area contributed by atoms with Crippen LogP contribution >= 0.6 is 0 Å². The number of aliphatic imine (C=N–C) groups is 1. The number of aliphatic hydroxyl groups is 1. The number of rotatable bonds is 3. The van der Waals surface area contributed by atoms with Crippen LogP contribution in [0.3, 0.4) is 0 Å². The molecule has 8 nitrogen and oxygen atoms in total. The fourth-order valence-corrected chi connectivity index (χ4v) is 4.28. The second kappa shape index (κ2) is 6.05. The second-order valence-electron chi connectivity index (χ2n) is 4.41. The number of nitrogens with zero attached hydrogens (tertiary/aromatic N) is 2. The Morgan fingerprint density at radius 3 is 1.88 bits per heavy atom. The first-order valence-corrected chi connectivity index (χ1v) is 8.68. The van der Waals surface area contributed by atoms with Crippen molar-refractivity contribution in [2.24, 2.45) is 4.99 Å². The summed E-state index contributed by atoms with van der Waals surface area (Å²) in [6, 6.07) is -1.84. The highest BCUT2D eigenvalue weighted by Gasteiger charge is 2.69. The van der Waals surface area contributed by atoms with Gasteiger partial charge in [0, 0.05) is 13.0 Å². The van der Waals surface area contributed by atoms with Crippen LogP contribution in [0.1, 0.15) is 13.3 Å². The van der Waals surface area contributed by atoms with Crippen LogP contribution in [-0.2, 0) is 20.0 Å². The van der Waals surface area contributed by atoms with Crippen molar-refractivity contribution in [1.82, 2.24) is 5.32 Å². The van der Waals surface area contributed by atoms with Gasteiger partial charge in [-0.05, 0) is 6.92 Å². The molecule has 1 heterocycles. The number of sulfonamides is 2. The highest BCUT2D eigenvalue weighted by Crippen LogP contribution is 2.32. The maximum atomic E-state index is 12.6. The van der Waals surface area contributed by atoms with Gasteiger partial charge in [-0.2, -0.15) is 43.2 Å². The normalized spacial score (nSPS) is 20.1. The molecule has 0 amide bonds. The largest absolute Gasteiger partial charge is 0.561 e. The van der Waals surface area contributed by atoms with Gasteiger partial charge in [-0.15, -0.1) is 0 Å². The van der Waals surface area contributed by atoms with Gasteiger partial charge in [-0.3, -0.25) is 4.99 Å². The SMILES string of the molecule is CC1=NCCC(C(O)=[N+](S(=O)(=O)C(F)(F)F)S(=O)(=O)C(F)(F)F)N1. The molecule has 16 heteroatoms. The summed E-state index contributed by atoms with van der Waals surface area (Å²) >= 11 is 0. The molecule has 1 unspecified atom stereocenters. The zero-order valence-corrected chi connectivity index (χ0v) is 13.2. The Hall–Kier alpha value is -1.58. The Balaban J connectivity index is 3.75. The van der Waals surface area contributed by atoms with Crippen molar-refractivity contribution in [3.05, 3.63) is 0 Å². The molecule has 0 aromatic carbocycles. The third kappa shape index (κ3) is 3.57. The highest BCUT2D eigenvalue weighted by atomic mass is 32.3. The van der Waals surface area contributed by atoms with Gasteiger partial charge >= 0.3 is 37.0 Å². The van der Waals surface area contributed by atoms with E-state index in [4.69, 9.17) is 0 Å². The van der Waals surface area contributed by atoms with E-state index in [-0.39, 0.29) is 12.4 Å². The quantitative estimate of drug-likeness (QED) is 0.304.